The molecule has 0 aliphatic heterocycles. The lowest BCUT2D eigenvalue weighted by Gasteiger charge is -2.30. The maximum absolute atomic E-state index is 6.19. The van der Waals surface area contributed by atoms with E-state index < -0.39 is 0 Å². The second-order valence-corrected chi connectivity index (χ2v) is 7.31. The van der Waals surface area contributed by atoms with Gasteiger partial charge in [0.25, 0.3) is 0 Å². The van der Waals surface area contributed by atoms with E-state index in [4.69, 9.17) is 17.3 Å². The lowest BCUT2D eigenvalue weighted by atomic mass is 10.1. The highest BCUT2D eigenvalue weighted by atomic mass is 79.9. The zero-order valence-corrected chi connectivity index (χ0v) is 14.7. The van der Waals surface area contributed by atoms with E-state index in [2.05, 4.69) is 58.4 Å². The number of rotatable bonds is 5. The van der Waals surface area contributed by atoms with Crippen LogP contribution in [-0.4, -0.2) is 18.0 Å². The van der Waals surface area contributed by atoms with Gasteiger partial charge in [0.15, 0.2) is 0 Å². The summed E-state index contributed by atoms with van der Waals surface area (Å²) in [5.74, 6) is 0. The van der Waals surface area contributed by atoms with Crippen LogP contribution in [0.5, 0.6) is 0 Å². The van der Waals surface area contributed by atoms with Crippen molar-refractivity contribution >= 4 is 38.9 Å². The first kappa shape index (κ1) is 16.0. The van der Waals surface area contributed by atoms with Crippen LogP contribution in [0, 0.1) is 0 Å². The third kappa shape index (κ3) is 4.06. The quantitative estimate of drug-likeness (QED) is 0.824. The van der Waals surface area contributed by atoms with E-state index in [1.165, 1.54) is 10.4 Å². The SMILES string of the molecule is CC(N)C(c1cc(Br)cs1)N(C)Cc1ccc(Cl)cc1. The summed E-state index contributed by atoms with van der Waals surface area (Å²) in [5, 5.41) is 2.86. The molecule has 0 aliphatic rings. The van der Waals surface area contributed by atoms with Gasteiger partial charge < -0.3 is 5.73 Å². The zero-order chi connectivity index (χ0) is 14.7. The fraction of sp³-hybridized carbons (Fsp3) is 0.333. The van der Waals surface area contributed by atoms with Gasteiger partial charge in [-0.05, 0) is 53.7 Å². The summed E-state index contributed by atoms with van der Waals surface area (Å²) in [5.41, 5.74) is 7.42. The number of halogens is 2. The van der Waals surface area contributed by atoms with Crippen LogP contribution >= 0.6 is 38.9 Å². The normalized spacial score (nSPS) is 14.5. The van der Waals surface area contributed by atoms with Crippen LogP contribution in [0.1, 0.15) is 23.4 Å². The molecule has 2 rings (SSSR count). The molecule has 1 aromatic carbocycles. The first-order valence-electron chi connectivity index (χ1n) is 6.41. The van der Waals surface area contributed by atoms with Gasteiger partial charge in [0, 0.05) is 32.3 Å². The number of likely N-dealkylation sites (N-methyl/N-ethyl adjacent to an activating group) is 1. The van der Waals surface area contributed by atoms with Gasteiger partial charge in [0.1, 0.15) is 0 Å². The molecule has 2 nitrogen and oxygen atoms in total. The molecule has 0 bridgehead atoms. The predicted octanol–water partition coefficient (Wildman–Crippen LogP) is 4.68. The van der Waals surface area contributed by atoms with Crippen molar-refractivity contribution in [3.05, 3.63) is 55.6 Å². The average molecular weight is 374 g/mol. The summed E-state index contributed by atoms with van der Waals surface area (Å²) >= 11 is 11.2. The summed E-state index contributed by atoms with van der Waals surface area (Å²) in [6, 6.07) is 10.4. The molecule has 0 fully saturated rings. The van der Waals surface area contributed by atoms with Crippen LogP contribution < -0.4 is 5.73 Å². The monoisotopic (exact) mass is 372 g/mol. The van der Waals surface area contributed by atoms with E-state index >= 15 is 0 Å². The molecule has 2 atom stereocenters. The Hall–Kier alpha value is -0.390. The molecule has 0 spiro atoms. The average Bonchev–Trinajstić information content (AvgIpc) is 2.78. The van der Waals surface area contributed by atoms with Gasteiger partial charge in [-0.1, -0.05) is 23.7 Å². The van der Waals surface area contributed by atoms with Crippen molar-refractivity contribution in [3.63, 3.8) is 0 Å². The Balaban J connectivity index is 2.15. The summed E-state index contributed by atoms with van der Waals surface area (Å²) in [4.78, 5) is 3.56. The zero-order valence-electron chi connectivity index (χ0n) is 11.5. The molecule has 0 saturated carbocycles. The molecule has 0 saturated heterocycles. The lowest BCUT2D eigenvalue weighted by molar-refractivity contribution is 0.214. The van der Waals surface area contributed by atoms with E-state index in [-0.39, 0.29) is 12.1 Å². The van der Waals surface area contributed by atoms with E-state index in [9.17, 15) is 0 Å². The minimum atomic E-state index is 0.0675. The highest BCUT2D eigenvalue weighted by molar-refractivity contribution is 9.10. The summed E-state index contributed by atoms with van der Waals surface area (Å²) < 4.78 is 1.11. The van der Waals surface area contributed by atoms with Crippen molar-refractivity contribution in [3.8, 4) is 0 Å². The smallest absolute Gasteiger partial charge is 0.0591 e. The van der Waals surface area contributed by atoms with Crippen molar-refractivity contribution in [2.45, 2.75) is 25.6 Å². The van der Waals surface area contributed by atoms with E-state index in [0.29, 0.717) is 0 Å². The number of hydrogen-bond acceptors (Lipinski definition) is 3. The number of benzene rings is 1. The van der Waals surface area contributed by atoms with Gasteiger partial charge in [-0.2, -0.15) is 0 Å². The van der Waals surface area contributed by atoms with Gasteiger partial charge >= 0.3 is 0 Å². The van der Waals surface area contributed by atoms with Crippen LogP contribution in [0.25, 0.3) is 0 Å². The Morgan fingerprint density at radius 3 is 2.50 bits per heavy atom. The molecular weight excluding hydrogens is 356 g/mol. The number of nitrogens with zero attached hydrogens (tertiary/aromatic N) is 1. The number of hydrogen-bond donors (Lipinski definition) is 1. The fourth-order valence-electron chi connectivity index (χ4n) is 2.34. The molecular formula is C15H18BrClN2S. The van der Waals surface area contributed by atoms with Crippen molar-refractivity contribution in [2.75, 3.05) is 7.05 Å². The molecule has 20 heavy (non-hydrogen) atoms. The molecule has 0 amide bonds. The molecule has 108 valence electrons. The van der Waals surface area contributed by atoms with Crippen LogP contribution in [0.2, 0.25) is 5.02 Å². The molecule has 2 aromatic rings. The Bertz CT molecular complexity index is 553. The fourth-order valence-corrected chi connectivity index (χ4v) is 4.19. The Kier molecular flexibility index (Phi) is 5.64. The van der Waals surface area contributed by atoms with E-state index in [1.54, 1.807) is 11.3 Å². The van der Waals surface area contributed by atoms with Crippen LogP contribution in [-0.2, 0) is 6.54 Å². The second kappa shape index (κ2) is 7.05. The van der Waals surface area contributed by atoms with Crippen molar-refractivity contribution in [1.29, 1.82) is 0 Å². The lowest BCUT2D eigenvalue weighted by Crippen LogP contribution is -2.36. The molecule has 2 unspecified atom stereocenters. The minimum Gasteiger partial charge on any atom is -0.326 e. The first-order chi connectivity index (χ1) is 9.47. The Labute approximate surface area is 137 Å². The van der Waals surface area contributed by atoms with Crippen LogP contribution in [0.4, 0.5) is 0 Å². The molecule has 5 heteroatoms. The largest absolute Gasteiger partial charge is 0.326 e. The predicted molar refractivity (Wildman–Crippen MR) is 91.3 cm³/mol. The van der Waals surface area contributed by atoms with Gasteiger partial charge in [0.05, 0.1) is 6.04 Å². The van der Waals surface area contributed by atoms with E-state index in [1.807, 2.05) is 12.1 Å². The highest BCUT2D eigenvalue weighted by Gasteiger charge is 2.22. The van der Waals surface area contributed by atoms with Gasteiger partial charge in [-0.25, -0.2) is 0 Å². The van der Waals surface area contributed by atoms with Crippen LogP contribution in [0.15, 0.2) is 40.2 Å². The summed E-state index contributed by atoms with van der Waals surface area (Å²) in [6.07, 6.45) is 0. The van der Waals surface area contributed by atoms with Crippen molar-refractivity contribution in [2.24, 2.45) is 5.73 Å². The number of thiophene rings is 1. The highest BCUT2D eigenvalue weighted by Crippen LogP contribution is 2.31. The topological polar surface area (TPSA) is 29.3 Å². The van der Waals surface area contributed by atoms with Gasteiger partial charge in [-0.15, -0.1) is 11.3 Å². The standard InChI is InChI=1S/C15H18BrClN2S/c1-10(18)15(14-7-12(16)9-20-14)19(2)8-11-3-5-13(17)6-4-11/h3-7,9-10,15H,8,18H2,1-2H3. The molecule has 1 aromatic heterocycles. The Morgan fingerprint density at radius 2 is 2.00 bits per heavy atom. The molecule has 0 aliphatic carbocycles. The van der Waals surface area contributed by atoms with Crippen molar-refractivity contribution in [1.82, 2.24) is 4.90 Å². The third-order valence-corrected chi connectivity index (χ3v) is 5.21. The van der Waals surface area contributed by atoms with Crippen LogP contribution in [0.3, 0.4) is 0 Å². The molecule has 0 radical (unpaired) electrons. The summed E-state index contributed by atoms with van der Waals surface area (Å²) in [7, 11) is 2.11. The maximum atomic E-state index is 6.19. The minimum absolute atomic E-state index is 0.0675. The maximum Gasteiger partial charge on any atom is 0.0591 e. The first-order valence-corrected chi connectivity index (χ1v) is 8.46. The summed E-state index contributed by atoms with van der Waals surface area (Å²) in [6.45, 7) is 2.90. The Morgan fingerprint density at radius 1 is 1.35 bits per heavy atom. The third-order valence-electron chi connectivity index (χ3n) is 3.20. The van der Waals surface area contributed by atoms with Crippen molar-refractivity contribution < 1.29 is 0 Å². The number of nitrogens with two attached hydrogens (primary N) is 1. The van der Waals surface area contributed by atoms with E-state index in [0.717, 1.165) is 16.0 Å². The molecule has 1 heterocycles. The van der Waals surface area contributed by atoms with Gasteiger partial charge in [-0.3, -0.25) is 4.90 Å². The molecule has 2 N–H and O–H groups in total. The van der Waals surface area contributed by atoms with Gasteiger partial charge in [0.2, 0.25) is 0 Å². The second-order valence-electron chi connectivity index (χ2n) is 5.01.